The minimum Gasteiger partial charge on any atom is -0.492 e. The molecule has 0 spiro atoms. The summed E-state index contributed by atoms with van der Waals surface area (Å²) in [5.41, 5.74) is 1.58. The quantitative estimate of drug-likeness (QED) is 0.306. The Balaban J connectivity index is 1.87. The van der Waals surface area contributed by atoms with Crippen molar-refractivity contribution < 1.29 is 33.4 Å². The van der Waals surface area contributed by atoms with E-state index in [4.69, 9.17) is 14.2 Å². The number of urea groups is 1. The molecule has 2 aliphatic rings. The number of methoxy groups -OCH3 is 1. The van der Waals surface area contributed by atoms with Gasteiger partial charge in [0.2, 0.25) is 18.4 Å². The first-order chi connectivity index (χ1) is 17.1. The Morgan fingerprint density at radius 2 is 1.86 bits per heavy atom. The van der Waals surface area contributed by atoms with Crippen LogP contribution in [0, 0.1) is 3.57 Å². The average molecular weight is 605 g/mol. The zero-order chi connectivity index (χ0) is 26.1. The van der Waals surface area contributed by atoms with Crippen LogP contribution in [0.5, 0.6) is 17.2 Å². The molecular weight excluding hydrogens is 581 g/mol. The van der Waals surface area contributed by atoms with Crippen molar-refractivity contribution in [2.24, 2.45) is 0 Å². The number of likely N-dealkylation sites (N-methyl/N-ethyl adjacent to an activating group) is 1. The summed E-state index contributed by atoms with van der Waals surface area (Å²) < 4.78 is 17.8. The lowest BCUT2D eigenvalue weighted by Crippen LogP contribution is -2.54. The third kappa shape index (κ3) is 4.62. The number of fused-ring (bicyclic) bond motifs is 1. The number of ether oxygens (including phenoxy) is 3. The summed E-state index contributed by atoms with van der Waals surface area (Å²) in [4.78, 5) is 53.4. The molecule has 188 valence electrons. The smallest absolute Gasteiger partial charge is 0.335 e. The van der Waals surface area contributed by atoms with Crippen LogP contribution < -0.4 is 24.4 Å². The monoisotopic (exact) mass is 605 g/mol. The van der Waals surface area contributed by atoms with Gasteiger partial charge in [0.05, 0.1) is 12.8 Å². The van der Waals surface area contributed by atoms with E-state index in [9.17, 15) is 19.2 Å². The van der Waals surface area contributed by atoms with Crippen LogP contribution in [0.4, 0.5) is 10.5 Å². The van der Waals surface area contributed by atoms with Gasteiger partial charge in [-0.1, -0.05) is 0 Å². The first-order valence-corrected chi connectivity index (χ1v) is 12.1. The van der Waals surface area contributed by atoms with Gasteiger partial charge in [-0.2, -0.15) is 0 Å². The Bertz CT molecular complexity index is 1300. The van der Waals surface area contributed by atoms with E-state index in [1.807, 2.05) is 0 Å². The molecule has 11 heteroatoms. The van der Waals surface area contributed by atoms with Gasteiger partial charge in [0.25, 0.3) is 11.8 Å². The molecule has 36 heavy (non-hydrogen) atoms. The molecule has 2 aliphatic heterocycles. The summed E-state index contributed by atoms with van der Waals surface area (Å²) in [5, 5.41) is 2.27. The third-order valence-corrected chi connectivity index (χ3v) is 6.78. The molecule has 2 heterocycles. The number of barbiturate groups is 1. The van der Waals surface area contributed by atoms with Crippen LogP contribution in [0.1, 0.15) is 25.0 Å². The second-order valence-corrected chi connectivity index (χ2v) is 9.49. The van der Waals surface area contributed by atoms with Crippen molar-refractivity contribution in [3.63, 3.8) is 0 Å². The van der Waals surface area contributed by atoms with Gasteiger partial charge in [0, 0.05) is 29.6 Å². The first kappa shape index (κ1) is 25.5. The minimum absolute atomic E-state index is 0.00788. The van der Waals surface area contributed by atoms with Gasteiger partial charge in [0.15, 0.2) is 11.5 Å². The number of anilines is 1. The molecular formula is C25H24IN3O7. The normalized spacial score (nSPS) is 16.1. The number of nitrogens with one attached hydrogen (secondary N) is 1. The van der Waals surface area contributed by atoms with Crippen LogP contribution in [0.2, 0.25) is 0 Å². The molecule has 1 saturated heterocycles. The van der Waals surface area contributed by atoms with Gasteiger partial charge in [0.1, 0.15) is 5.57 Å². The van der Waals surface area contributed by atoms with Gasteiger partial charge < -0.3 is 19.1 Å². The predicted octanol–water partition coefficient (Wildman–Crippen LogP) is 3.11. The second kappa shape index (κ2) is 10.2. The van der Waals surface area contributed by atoms with Gasteiger partial charge in [-0.3, -0.25) is 19.7 Å². The van der Waals surface area contributed by atoms with Crippen LogP contribution in [0.25, 0.3) is 5.57 Å². The number of rotatable bonds is 6. The molecule has 2 aromatic rings. The molecule has 1 N–H and O–H groups in total. The van der Waals surface area contributed by atoms with E-state index in [2.05, 4.69) is 27.9 Å². The molecule has 0 bridgehead atoms. The van der Waals surface area contributed by atoms with Crippen LogP contribution in [-0.2, 0) is 20.8 Å². The maximum absolute atomic E-state index is 13.6. The first-order valence-electron chi connectivity index (χ1n) is 11.0. The number of imide groups is 2. The maximum Gasteiger partial charge on any atom is 0.335 e. The summed E-state index contributed by atoms with van der Waals surface area (Å²) in [6.07, 6.45) is 0.388. The molecule has 0 radical (unpaired) electrons. The zero-order valence-corrected chi connectivity index (χ0v) is 22.3. The van der Waals surface area contributed by atoms with Gasteiger partial charge in [-0.15, -0.1) is 0 Å². The Labute approximate surface area is 221 Å². The fourth-order valence-electron chi connectivity index (χ4n) is 4.11. The van der Waals surface area contributed by atoms with E-state index in [0.717, 1.165) is 8.47 Å². The van der Waals surface area contributed by atoms with E-state index in [0.29, 0.717) is 52.6 Å². The number of hydrogen-bond donors (Lipinski definition) is 1. The van der Waals surface area contributed by atoms with Crippen molar-refractivity contribution in [1.29, 1.82) is 0 Å². The highest BCUT2D eigenvalue weighted by molar-refractivity contribution is 14.1. The Morgan fingerprint density at radius 1 is 1.17 bits per heavy atom. The van der Waals surface area contributed by atoms with Gasteiger partial charge >= 0.3 is 6.03 Å². The summed E-state index contributed by atoms with van der Waals surface area (Å²) in [5.74, 6) is -0.555. The van der Waals surface area contributed by atoms with Gasteiger partial charge in [-0.05, 0) is 77.4 Å². The SMILES string of the molecule is COc1c2c(cc(CCN(C)C(C)=O)c1/C(C)=C1\C(=O)NC(=O)N(c3ccc(I)cc3)C1=O)OCO2. The summed E-state index contributed by atoms with van der Waals surface area (Å²) in [6, 6.07) is 7.70. The summed E-state index contributed by atoms with van der Waals surface area (Å²) in [7, 11) is 3.13. The van der Waals surface area contributed by atoms with Crippen molar-refractivity contribution in [2.45, 2.75) is 20.3 Å². The van der Waals surface area contributed by atoms with Crippen LogP contribution in [-0.4, -0.2) is 56.1 Å². The van der Waals surface area contributed by atoms with Crippen molar-refractivity contribution in [2.75, 3.05) is 32.4 Å². The van der Waals surface area contributed by atoms with Crippen LogP contribution >= 0.6 is 22.6 Å². The van der Waals surface area contributed by atoms with E-state index in [-0.39, 0.29) is 18.3 Å². The Hall–Kier alpha value is -3.61. The average Bonchev–Trinajstić information content (AvgIpc) is 3.30. The third-order valence-electron chi connectivity index (χ3n) is 6.06. The topological polar surface area (TPSA) is 114 Å². The fourth-order valence-corrected chi connectivity index (χ4v) is 4.47. The van der Waals surface area contributed by atoms with Gasteiger partial charge in [-0.25, -0.2) is 9.69 Å². The lowest BCUT2D eigenvalue weighted by Gasteiger charge is -2.28. The van der Waals surface area contributed by atoms with E-state index in [1.165, 1.54) is 14.0 Å². The minimum atomic E-state index is -0.830. The number of hydrogen-bond acceptors (Lipinski definition) is 7. The van der Waals surface area contributed by atoms with Crippen molar-refractivity contribution in [1.82, 2.24) is 10.2 Å². The van der Waals surface area contributed by atoms with E-state index >= 15 is 0 Å². The van der Waals surface area contributed by atoms with E-state index in [1.54, 1.807) is 49.2 Å². The Morgan fingerprint density at radius 3 is 2.50 bits per heavy atom. The van der Waals surface area contributed by atoms with Crippen LogP contribution in [0.3, 0.4) is 0 Å². The molecule has 0 saturated carbocycles. The number of carbonyl (C=O) groups excluding carboxylic acids is 4. The largest absolute Gasteiger partial charge is 0.492 e. The molecule has 10 nitrogen and oxygen atoms in total. The van der Waals surface area contributed by atoms with Crippen LogP contribution in [0.15, 0.2) is 35.9 Å². The molecule has 0 aromatic heterocycles. The molecule has 0 aliphatic carbocycles. The fraction of sp³-hybridized carbons (Fsp3) is 0.280. The van der Waals surface area contributed by atoms with Crippen molar-refractivity contribution in [3.8, 4) is 17.2 Å². The number of carbonyl (C=O) groups is 4. The highest BCUT2D eigenvalue weighted by Crippen LogP contribution is 2.48. The lowest BCUT2D eigenvalue weighted by molar-refractivity contribution is -0.127. The predicted molar refractivity (Wildman–Crippen MR) is 139 cm³/mol. The highest BCUT2D eigenvalue weighted by Gasteiger charge is 2.39. The standard InChI is InChI=1S/C25H24IN3O7/c1-13(20-23(31)27-25(33)29(24(20)32)17-7-5-16(26)6-8-17)19-15(9-10-28(3)14(2)30)11-18-21(22(19)34-4)36-12-35-18/h5-8,11H,9-10,12H2,1-4H3,(H,27,31,33)/b20-13+. The lowest BCUT2D eigenvalue weighted by atomic mass is 9.91. The van der Waals surface area contributed by atoms with E-state index < -0.39 is 17.8 Å². The molecule has 5 amide bonds. The molecule has 0 unspecified atom stereocenters. The Kier molecular flexibility index (Phi) is 7.20. The number of amides is 5. The molecule has 0 atom stereocenters. The zero-order valence-electron chi connectivity index (χ0n) is 20.1. The highest BCUT2D eigenvalue weighted by atomic mass is 127. The maximum atomic E-state index is 13.6. The summed E-state index contributed by atoms with van der Waals surface area (Å²) >= 11 is 2.12. The number of halogens is 1. The molecule has 2 aromatic carbocycles. The number of benzene rings is 2. The summed E-state index contributed by atoms with van der Waals surface area (Å²) in [6.45, 7) is 3.45. The second-order valence-electron chi connectivity index (χ2n) is 8.24. The number of allylic oxidation sites excluding steroid dienone is 1. The van der Waals surface area contributed by atoms with Crippen molar-refractivity contribution in [3.05, 3.63) is 50.6 Å². The van der Waals surface area contributed by atoms with Crippen molar-refractivity contribution >= 4 is 57.6 Å². The molecule has 4 rings (SSSR count). The molecule has 1 fully saturated rings. The number of nitrogens with zero attached hydrogens (tertiary/aromatic N) is 2.